The van der Waals surface area contributed by atoms with Crippen LogP contribution in [0.2, 0.25) is 0 Å². The average Bonchev–Trinajstić information content (AvgIpc) is 2.68. The maximum atomic E-state index is 8.33. The molecule has 0 saturated heterocycles. The summed E-state index contributed by atoms with van der Waals surface area (Å²) in [6, 6.07) is 0. The van der Waals surface area contributed by atoms with Crippen molar-refractivity contribution in [1.29, 1.82) is 0 Å². The van der Waals surface area contributed by atoms with E-state index in [2.05, 4.69) is 13.8 Å². The maximum absolute atomic E-state index is 8.33. The van der Waals surface area contributed by atoms with Crippen LogP contribution in [0.25, 0.3) is 0 Å². The predicted molar refractivity (Wildman–Crippen MR) is 118 cm³/mol. The van der Waals surface area contributed by atoms with Crippen LogP contribution < -0.4 is 17.2 Å². The number of hydrogen-bond donors (Lipinski definition) is 5. The summed E-state index contributed by atoms with van der Waals surface area (Å²) in [5, 5.41) is 16.4. The number of nitrogens with two attached hydrogens (primary N) is 3. The molecule has 0 aromatic carbocycles. The first-order chi connectivity index (χ1) is 13.5. The first-order valence-electron chi connectivity index (χ1n) is 10.7. The molecule has 0 unspecified atom stereocenters. The average molecular weight is 442 g/mol. The summed E-state index contributed by atoms with van der Waals surface area (Å²) in [5.41, 5.74) is 15.7. The molecule has 0 heterocycles. The van der Waals surface area contributed by atoms with Gasteiger partial charge in [0.2, 0.25) is 0 Å². The van der Waals surface area contributed by atoms with E-state index in [1.165, 1.54) is 25.7 Å². The summed E-state index contributed by atoms with van der Waals surface area (Å²) in [4.78, 5) is 0. The third kappa shape index (κ3) is 95.1. The zero-order valence-corrected chi connectivity index (χ0v) is 20.4. The van der Waals surface area contributed by atoms with E-state index in [1.54, 1.807) is 13.8 Å². The van der Waals surface area contributed by atoms with Crippen molar-refractivity contribution >= 4 is 0 Å². The summed E-state index contributed by atoms with van der Waals surface area (Å²) < 4.78 is 8.25. The Balaban J connectivity index is -0.0000000832. The molecular formula is C21H51N3O3Ti. The van der Waals surface area contributed by atoms with Gasteiger partial charge in [-0.3, -0.25) is 0 Å². The van der Waals surface area contributed by atoms with Gasteiger partial charge < -0.3 is 41.3 Å². The topological polar surface area (TPSA) is 136 Å². The molecule has 8 N–H and O–H groups in total. The van der Waals surface area contributed by atoms with Crippen LogP contribution >= 0.6 is 0 Å². The van der Waals surface area contributed by atoms with Crippen LogP contribution in [0.1, 0.15) is 90.9 Å². The van der Waals surface area contributed by atoms with E-state index in [4.69, 9.17) is 30.7 Å². The Kier molecular flexibility index (Phi) is 70.4. The summed E-state index contributed by atoms with van der Waals surface area (Å²) in [6.45, 7) is 13.7. The SMILES string of the molecule is CC(C)O.NCCCCCCO.[CH2-]CCCCCN.[CH2-]CCCCCN.[O]=[Ti+2]. The predicted octanol–water partition coefficient (Wildman–Crippen LogP) is 3.44. The van der Waals surface area contributed by atoms with E-state index >= 15 is 0 Å². The van der Waals surface area contributed by atoms with Gasteiger partial charge in [-0.05, 0) is 59.2 Å². The Labute approximate surface area is 188 Å². The molecule has 7 heteroatoms. The van der Waals surface area contributed by atoms with Gasteiger partial charge in [0.1, 0.15) is 0 Å². The molecule has 0 radical (unpaired) electrons. The first-order valence-corrected chi connectivity index (χ1v) is 11.3. The van der Waals surface area contributed by atoms with Gasteiger partial charge in [-0.25, -0.2) is 0 Å². The van der Waals surface area contributed by atoms with Crippen molar-refractivity contribution in [2.24, 2.45) is 17.2 Å². The molecule has 0 saturated carbocycles. The van der Waals surface area contributed by atoms with E-state index < -0.39 is 0 Å². The molecule has 0 aliphatic carbocycles. The summed E-state index contributed by atoms with van der Waals surface area (Å²) in [5.74, 6) is 0. The van der Waals surface area contributed by atoms with Crippen LogP contribution in [0, 0.1) is 13.8 Å². The summed E-state index contributed by atoms with van der Waals surface area (Å²) in [6.07, 6.45) is 13.5. The van der Waals surface area contributed by atoms with Crippen molar-refractivity contribution in [2.75, 3.05) is 26.2 Å². The molecule has 0 aliphatic heterocycles. The second-order valence-corrected chi connectivity index (χ2v) is 6.43. The Morgan fingerprint density at radius 2 is 0.929 bits per heavy atom. The van der Waals surface area contributed by atoms with Crippen LogP contribution in [-0.4, -0.2) is 42.6 Å². The zero-order valence-electron chi connectivity index (χ0n) is 18.8. The summed E-state index contributed by atoms with van der Waals surface area (Å²) >= 11 is 0.750. The van der Waals surface area contributed by atoms with Gasteiger partial charge in [0.05, 0.1) is 0 Å². The molecule has 0 aromatic heterocycles. The molecule has 6 nitrogen and oxygen atoms in total. The fraction of sp³-hybridized carbons (Fsp3) is 0.905. The third-order valence-corrected chi connectivity index (χ3v) is 3.02. The van der Waals surface area contributed by atoms with Crippen LogP contribution in [0.4, 0.5) is 0 Å². The van der Waals surface area contributed by atoms with Crippen molar-refractivity contribution in [1.82, 2.24) is 0 Å². The summed E-state index contributed by atoms with van der Waals surface area (Å²) in [7, 11) is 0. The van der Waals surface area contributed by atoms with Crippen molar-refractivity contribution < 1.29 is 33.9 Å². The molecule has 28 heavy (non-hydrogen) atoms. The van der Waals surface area contributed by atoms with Gasteiger partial charge in [0.25, 0.3) is 0 Å². The Bertz CT molecular complexity index is 177. The van der Waals surface area contributed by atoms with Gasteiger partial charge in [-0.15, -0.1) is 0 Å². The number of rotatable bonds is 13. The first kappa shape index (κ1) is 38.9. The van der Waals surface area contributed by atoms with Crippen LogP contribution in [0.3, 0.4) is 0 Å². The Hall–Kier alpha value is 0.314. The second-order valence-electron chi connectivity index (χ2n) is 6.43. The van der Waals surface area contributed by atoms with Crippen LogP contribution in [0.15, 0.2) is 0 Å². The number of hydrogen-bond acceptors (Lipinski definition) is 6. The van der Waals surface area contributed by atoms with Gasteiger partial charge in [-0.2, -0.15) is 12.8 Å². The minimum absolute atomic E-state index is 0.167. The Morgan fingerprint density at radius 1 is 0.679 bits per heavy atom. The van der Waals surface area contributed by atoms with E-state index in [-0.39, 0.29) is 6.10 Å². The number of unbranched alkanes of at least 4 members (excludes halogenated alkanes) is 9. The normalized spacial score (nSPS) is 9.00. The molecule has 0 bridgehead atoms. The van der Waals surface area contributed by atoms with Crippen molar-refractivity contribution in [2.45, 2.75) is 97.0 Å². The molecular weight excluding hydrogens is 390 g/mol. The zero-order chi connectivity index (χ0) is 22.9. The van der Waals surface area contributed by atoms with E-state index in [0.29, 0.717) is 6.61 Å². The molecule has 0 fully saturated rings. The van der Waals surface area contributed by atoms with Crippen LogP contribution in [-0.2, 0) is 23.7 Å². The van der Waals surface area contributed by atoms with Gasteiger partial charge in [0, 0.05) is 12.7 Å². The molecule has 0 spiro atoms. The number of aliphatic hydroxyl groups excluding tert-OH is 2. The fourth-order valence-electron chi connectivity index (χ4n) is 1.61. The quantitative estimate of drug-likeness (QED) is 0.169. The minimum atomic E-state index is -0.167. The van der Waals surface area contributed by atoms with Crippen molar-refractivity contribution in [3.8, 4) is 0 Å². The molecule has 0 amide bonds. The Morgan fingerprint density at radius 3 is 1.14 bits per heavy atom. The second kappa shape index (κ2) is 50.7. The third-order valence-electron chi connectivity index (χ3n) is 3.02. The van der Waals surface area contributed by atoms with E-state index in [0.717, 1.165) is 91.4 Å². The van der Waals surface area contributed by atoms with E-state index in [1.807, 2.05) is 0 Å². The molecule has 172 valence electrons. The molecule has 0 aliphatic rings. The molecule has 0 rings (SSSR count). The number of aliphatic hydroxyl groups is 2. The monoisotopic (exact) mass is 441 g/mol. The molecule has 0 atom stereocenters. The van der Waals surface area contributed by atoms with Gasteiger partial charge in [-0.1, -0.05) is 38.5 Å². The van der Waals surface area contributed by atoms with E-state index in [9.17, 15) is 0 Å². The van der Waals surface area contributed by atoms with Gasteiger partial charge >= 0.3 is 23.7 Å². The van der Waals surface area contributed by atoms with Crippen LogP contribution in [0.5, 0.6) is 0 Å². The van der Waals surface area contributed by atoms with Crippen molar-refractivity contribution in [3.63, 3.8) is 0 Å². The molecule has 0 aromatic rings. The standard InChI is InChI=1S/C6H15NO.2C6H14N.C3H8O.O.Ti/c7-5-3-1-2-4-6-8;2*1-2-3-4-5-6-7;1-3(2)4;;/h8H,1-7H2;2*1-7H2;3-4H,1-2H3;;/q;2*-1;;;+2. The van der Waals surface area contributed by atoms with Gasteiger partial charge in [0.15, 0.2) is 0 Å². The fourth-order valence-corrected chi connectivity index (χ4v) is 1.61. The van der Waals surface area contributed by atoms with Crippen molar-refractivity contribution in [3.05, 3.63) is 13.8 Å².